The standard InChI is InChI=1S/C13H11BrN2O3S/c14-9-3-1-8(2-4-9)5-11(17)15-6-12-16-10(7-20-12)13(18)19/h1-4,7H,5-6H2,(H,15,17)(H,18,19). The van der Waals surface area contributed by atoms with E-state index in [2.05, 4.69) is 26.2 Å². The minimum absolute atomic E-state index is 0.00663. The lowest BCUT2D eigenvalue weighted by Crippen LogP contribution is -2.24. The van der Waals surface area contributed by atoms with Gasteiger partial charge in [-0.2, -0.15) is 0 Å². The third-order valence-electron chi connectivity index (χ3n) is 2.49. The molecule has 0 spiro atoms. The molecular formula is C13H11BrN2O3S. The predicted octanol–water partition coefficient (Wildman–Crippen LogP) is 2.46. The summed E-state index contributed by atoms with van der Waals surface area (Å²) in [4.78, 5) is 26.3. The Morgan fingerprint density at radius 3 is 2.60 bits per heavy atom. The number of hydrogen-bond acceptors (Lipinski definition) is 4. The smallest absolute Gasteiger partial charge is 0.355 e. The first-order valence-electron chi connectivity index (χ1n) is 5.73. The number of nitrogens with one attached hydrogen (secondary N) is 1. The van der Waals surface area contributed by atoms with Crippen LogP contribution in [-0.2, 0) is 17.8 Å². The first-order chi connectivity index (χ1) is 9.54. The number of amides is 1. The van der Waals surface area contributed by atoms with Crippen molar-refractivity contribution in [1.29, 1.82) is 0 Å². The van der Waals surface area contributed by atoms with Crippen LogP contribution >= 0.6 is 27.3 Å². The molecule has 0 aliphatic carbocycles. The lowest BCUT2D eigenvalue weighted by Gasteiger charge is -2.03. The van der Waals surface area contributed by atoms with Gasteiger partial charge in [-0.15, -0.1) is 11.3 Å². The molecule has 2 rings (SSSR count). The monoisotopic (exact) mass is 354 g/mol. The molecule has 20 heavy (non-hydrogen) atoms. The van der Waals surface area contributed by atoms with Crippen molar-refractivity contribution in [2.24, 2.45) is 0 Å². The molecule has 1 heterocycles. The fourth-order valence-electron chi connectivity index (χ4n) is 1.51. The summed E-state index contributed by atoms with van der Waals surface area (Å²) in [5, 5.41) is 13.5. The maximum absolute atomic E-state index is 11.7. The van der Waals surface area contributed by atoms with Gasteiger partial charge in [-0.3, -0.25) is 4.79 Å². The van der Waals surface area contributed by atoms with E-state index in [0.717, 1.165) is 10.0 Å². The highest BCUT2D eigenvalue weighted by Crippen LogP contribution is 2.11. The number of carboxylic acids is 1. The number of rotatable bonds is 5. The Bertz CT molecular complexity index is 625. The van der Waals surface area contributed by atoms with E-state index in [1.165, 1.54) is 16.7 Å². The summed E-state index contributed by atoms with van der Waals surface area (Å²) >= 11 is 4.55. The van der Waals surface area contributed by atoms with E-state index in [0.29, 0.717) is 5.01 Å². The van der Waals surface area contributed by atoms with Crippen molar-refractivity contribution in [3.8, 4) is 0 Å². The molecule has 1 aromatic heterocycles. The number of nitrogens with zero attached hydrogens (tertiary/aromatic N) is 1. The van der Waals surface area contributed by atoms with Crippen molar-refractivity contribution >= 4 is 39.1 Å². The van der Waals surface area contributed by atoms with Gasteiger partial charge in [0.2, 0.25) is 5.91 Å². The van der Waals surface area contributed by atoms with Gasteiger partial charge in [0.15, 0.2) is 5.69 Å². The van der Waals surface area contributed by atoms with Gasteiger partial charge >= 0.3 is 5.97 Å². The van der Waals surface area contributed by atoms with Gasteiger partial charge in [-0.1, -0.05) is 28.1 Å². The Morgan fingerprint density at radius 1 is 1.30 bits per heavy atom. The van der Waals surface area contributed by atoms with Gasteiger partial charge in [0.05, 0.1) is 13.0 Å². The molecule has 5 nitrogen and oxygen atoms in total. The van der Waals surface area contributed by atoms with Crippen LogP contribution in [0, 0.1) is 0 Å². The maximum Gasteiger partial charge on any atom is 0.355 e. The van der Waals surface area contributed by atoms with E-state index in [1.54, 1.807) is 0 Å². The van der Waals surface area contributed by atoms with Crippen LogP contribution in [0.1, 0.15) is 21.1 Å². The van der Waals surface area contributed by atoms with Gasteiger partial charge in [-0.05, 0) is 17.7 Å². The van der Waals surface area contributed by atoms with E-state index in [4.69, 9.17) is 5.11 Å². The molecule has 0 bridgehead atoms. The summed E-state index contributed by atoms with van der Waals surface area (Å²) in [5.41, 5.74) is 0.920. The van der Waals surface area contributed by atoms with E-state index in [1.807, 2.05) is 24.3 Å². The van der Waals surface area contributed by atoms with Gasteiger partial charge in [0, 0.05) is 9.85 Å². The number of aromatic carboxylic acids is 1. The average molecular weight is 355 g/mol. The number of carboxylic acid groups (broad SMARTS) is 1. The van der Waals surface area contributed by atoms with Crippen molar-refractivity contribution in [1.82, 2.24) is 10.3 Å². The maximum atomic E-state index is 11.7. The summed E-state index contributed by atoms with van der Waals surface area (Å²) in [7, 11) is 0. The van der Waals surface area contributed by atoms with E-state index in [-0.39, 0.29) is 24.6 Å². The molecule has 0 atom stereocenters. The highest BCUT2D eigenvalue weighted by atomic mass is 79.9. The Kier molecular flexibility index (Phi) is 4.86. The lowest BCUT2D eigenvalue weighted by molar-refractivity contribution is -0.120. The van der Waals surface area contributed by atoms with Gasteiger partial charge in [-0.25, -0.2) is 9.78 Å². The second-order valence-corrected chi connectivity index (χ2v) is 5.87. The average Bonchev–Trinajstić information content (AvgIpc) is 2.88. The van der Waals surface area contributed by atoms with Crippen molar-refractivity contribution < 1.29 is 14.7 Å². The van der Waals surface area contributed by atoms with Crippen molar-refractivity contribution in [3.05, 3.63) is 50.4 Å². The molecule has 0 aliphatic heterocycles. The Morgan fingerprint density at radius 2 is 2.00 bits per heavy atom. The molecule has 0 unspecified atom stereocenters. The Balaban J connectivity index is 1.85. The third kappa shape index (κ3) is 4.14. The normalized spacial score (nSPS) is 10.2. The zero-order valence-corrected chi connectivity index (χ0v) is 12.7. The molecule has 0 fully saturated rings. The number of carbonyl (C=O) groups is 2. The lowest BCUT2D eigenvalue weighted by atomic mass is 10.1. The second-order valence-electron chi connectivity index (χ2n) is 4.01. The summed E-state index contributed by atoms with van der Waals surface area (Å²) in [5.74, 6) is -1.19. The van der Waals surface area contributed by atoms with Crippen LogP contribution in [0.2, 0.25) is 0 Å². The van der Waals surface area contributed by atoms with Crippen LogP contribution < -0.4 is 5.32 Å². The molecule has 7 heteroatoms. The van der Waals surface area contributed by atoms with Crippen LogP contribution in [0.3, 0.4) is 0 Å². The Labute approximate surface area is 127 Å². The molecule has 0 aliphatic rings. The molecule has 0 saturated heterocycles. The summed E-state index contributed by atoms with van der Waals surface area (Å²) in [6.45, 7) is 0.243. The van der Waals surface area contributed by atoms with Crippen molar-refractivity contribution in [2.45, 2.75) is 13.0 Å². The van der Waals surface area contributed by atoms with Crippen molar-refractivity contribution in [2.75, 3.05) is 0 Å². The molecule has 2 aromatic rings. The molecule has 2 N–H and O–H groups in total. The fourth-order valence-corrected chi connectivity index (χ4v) is 2.49. The minimum atomic E-state index is -1.06. The van der Waals surface area contributed by atoms with Crippen LogP contribution in [0.5, 0.6) is 0 Å². The molecule has 104 valence electrons. The van der Waals surface area contributed by atoms with Gasteiger partial charge < -0.3 is 10.4 Å². The quantitative estimate of drug-likeness (QED) is 0.864. The number of thiazole rings is 1. The van der Waals surface area contributed by atoms with Crippen LogP contribution in [0.25, 0.3) is 0 Å². The number of carbonyl (C=O) groups excluding carboxylic acids is 1. The zero-order chi connectivity index (χ0) is 14.5. The summed E-state index contributed by atoms with van der Waals surface area (Å²) < 4.78 is 0.964. The zero-order valence-electron chi connectivity index (χ0n) is 10.3. The van der Waals surface area contributed by atoms with Crippen LogP contribution in [0.15, 0.2) is 34.1 Å². The molecule has 0 saturated carbocycles. The van der Waals surface area contributed by atoms with E-state index >= 15 is 0 Å². The number of halogens is 1. The molecule has 1 amide bonds. The third-order valence-corrected chi connectivity index (χ3v) is 3.86. The van der Waals surface area contributed by atoms with Crippen LogP contribution in [-0.4, -0.2) is 22.0 Å². The fraction of sp³-hybridized carbons (Fsp3) is 0.154. The number of hydrogen-bond donors (Lipinski definition) is 2. The summed E-state index contributed by atoms with van der Waals surface area (Å²) in [6, 6.07) is 7.50. The Hall–Kier alpha value is -1.73. The molecular weight excluding hydrogens is 344 g/mol. The molecule has 1 aromatic carbocycles. The van der Waals surface area contributed by atoms with E-state index < -0.39 is 5.97 Å². The highest BCUT2D eigenvalue weighted by molar-refractivity contribution is 9.10. The van der Waals surface area contributed by atoms with Gasteiger partial charge in [0.1, 0.15) is 5.01 Å². The molecule has 0 radical (unpaired) electrons. The topological polar surface area (TPSA) is 79.3 Å². The SMILES string of the molecule is O=C(Cc1ccc(Br)cc1)NCc1nc(C(=O)O)cs1. The first kappa shape index (κ1) is 14.7. The first-order valence-corrected chi connectivity index (χ1v) is 7.40. The van der Waals surface area contributed by atoms with Crippen LogP contribution in [0.4, 0.5) is 0 Å². The number of aromatic nitrogens is 1. The van der Waals surface area contributed by atoms with Gasteiger partial charge in [0.25, 0.3) is 0 Å². The largest absolute Gasteiger partial charge is 0.476 e. The predicted molar refractivity (Wildman–Crippen MR) is 78.8 cm³/mol. The highest BCUT2D eigenvalue weighted by Gasteiger charge is 2.09. The summed E-state index contributed by atoms with van der Waals surface area (Å²) in [6.07, 6.45) is 0.282. The second kappa shape index (κ2) is 6.62. The minimum Gasteiger partial charge on any atom is -0.476 e. The van der Waals surface area contributed by atoms with E-state index in [9.17, 15) is 9.59 Å². The number of benzene rings is 1. The van der Waals surface area contributed by atoms with Crippen molar-refractivity contribution in [3.63, 3.8) is 0 Å².